The standard InChI is InChI=1S/C15H20N2O3S/c1-10(2)20-7-6-17-13-8-11(3)4-5-12(13)16-15(17)21-9-14(18)19/h4-5,8,10H,6-7,9H2,1-3H3,(H,18,19). The third kappa shape index (κ3) is 4.22. The Morgan fingerprint density at radius 2 is 2.24 bits per heavy atom. The fraction of sp³-hybridized carbons (Fsp3) is 0.467. The van der Waals surface area contributed by atoms with E-state index >= 15 is 0 Å². The molecule has 0 aliphatic carbocycles. The van der Waals surface area contributed by atoms with E-state index in [4.69, 9.17) is 9.84 Å². The summed E-state index contributed by atoms with van der Waals surface area (Å²) in [5.41, 5.74) is 3.07. The van der Waals surface area contributed by atoms with Crippen molar-refractivity contribution in [3.63, 3.8) is 0 Å². The van der Waals surface area contributed by atoms with Crippen molar-refractivity contribution >= 4 is 28.8 Å². The highest BCUT2D eigenvalue weighted by molar-refractivity contribution is 7.99. The monoisotopic (exact) mass is 308 g/mol. The molecule has 2 rings (SSSR count). The van der Waals surface area contributed by atoms with Crippen LogP contribution in [-0.4, -0.2) is 39.1 Å². The van der Waals surface area contributed by atoms with Crippen LogP contribution in [0, 0.1) is 6.92 Å². The molecule has 21 heavy (non-hydrogen) atoms. The Hall–Kier alpha value is -1.53. The number of carboxylic acids is 1. The molecule has 0 fully saturated rings. The van der Waals surface area contributed by atoms with Crippen LogP contribution in [0.2, 0.25) is 0 Å². The van der Waals surface area contributed by atoms with Crippen molar-refractivity contribution in [2.75, 3.05) is 12.4 Å². The van der Waals surface area contributed by atoms with Gasteiger partial charge in [-0.15, -0.1) is 0 Å². The summed E-state index contributed by atoms with van der Waals surface area (Å²) in [5, 5.41) is 9.58. The van der Waals surface area contributed by atoms with Gasteiger partial charge in [-0.05, 0) is 38.5 Å². The van der Waals surface area contributed by atoms with Crippen molar-refractivity contribution in [2.45, 2.75) is 38.6 Å². The van der Waals surface area contributed by atoms with Gasteiger partial charge < -0.3 is 14.4 Å². The Bertz CT molecular complexity index is 637. The van der Waals surface area contributed by atoms with Gasteiger partial charge in [-0.25, -0.2) is 4.98 Å². The van der Waals surface area contributed by atoms with E-state index in [2.05, 4.69) is 11.1 Å². The van der Waals surface area contributed by atoms with Crippen LogP contribution in [0.3, 0.4) is 0 Å². The third-order valence-corrected chi connectivity index (χ3v) is 3.92. The summed E-state index contributed by atoms with van der Waals surface area (Å²) < 4.78 is 7.64. The Kier molecular flexibility index (Phi) is 5.25. The highest BCUT2D eigenvalue weighted by atomic mass is 32.2. The number of aromatic nitrogens is 2. The van der Waals surface area contributed by atoms with E-state index in [0.29, 0.717) is 13.2 Å². The molecule has 0 amide bonds. The van der Waals surface area contributed by atoms with Gasteiger partial charge >= 0.3 is 5.97 Å². The summed E-state index contributed by atoms with van der Waals surface area (Å²) in [7, 11) is 0. The van der Waals surface area contributed by atoms with Gasteiger partial charge in [0.25, 0.3) is 0 Å². The molecule has 0 atom stereocenters. The molecule has 114 valence electrons. The van der Waals surface area contributed by atoms with Gasteiger partial charge in [-0.3, -0.25) is 4.79 Å². The summed E-state index contributed by atoms with van der Waals surface area (Å²) in [6.07, 6.45) is 0.177. The smallest absolute Gasteiger partial charge is 0.313 e. The molecule has 0 saturated heterocycles. The fourth-order valence-corrected chi connectivity index (χ4v) is 2.80. The first kappa shape index (κ1) is 15.9. The minimum absolute atomic E-state index is 0.00728. The average Bonchev–Trinajstić information content (AvgIpc) is 2.74. The molecule has 0 unspecified atom stereocenters. The summed E-state index contributed by atoms with van der Waals surface area (Å²) in [6, 6.07) is 6.05. The van der Waals surface area contributed by atoms with Crippen LogP contribution >= 0.6 is 11.8 Å². The zero-order valence-electron chi connectivity index (χ0n) is 12.5. The largest absolute Gasteiger partial charge is 0.481 e. The second kappa shape index (κ2) is 6.95. The summed E-state index contributed by atoms with van der Waals surface area (Å²) in [5.74, 6) is -0.832. The molecular formula is C15H20N2O3S. The van der Waals surface area contributed by atoms with E-state index in [1.807, 2.05) is 37.5 Å². The molecular weight excluding hydrogens is 288 g/mol. The van der Waals surface area contributed by atoms with Gasteiger partial charge in [0.1, 0.15) is 0 Å². The van der Waals surface area contributed by atoms with Crippen LogP contribution in [0.1, 0.15) is 19.4 Å². The number of carbonyl (C=O) groups is 1. The fourth-order valence-electron chi connectivity index (χ4n) is 2.04. The third-order valence-electron chi connectivity index (χ3n) is 2.96. The summed E-state index contributed by atoms with van der Waals surface area (Å²) in [6.45, 7) is 7.27. The molecule has 0 bridgehead atoms. The Labute approximate surface area is 128 Å². The number of hydrogen-bond acceptors (Lipinski definition) is 4. The molecule has 0 aliphatic rings. The van der Waals surface area contributed by atoms with Crippen molar-refractivity contribution in [1.82, 2.24) is 9.55 Å². The van der Waals surface area contributed by atoms with Crippen LogP contribution in [0.25, 0.3) is 11.0 Å². The maximum absolute atomic E-state index is 10.8. The molecule has 0 radical (unpaired) electrons. The topological polar surface area (TPSA) is 64.3 Å². The zero-order valence-corrected chi connectivity index (χ0v) is 13.3. The molecule has 0 aliphatic heterocycles. The lowest BCUT2D eigenvalue weighted by atomic mass is 10.2. The van der Waals surface area contributed by atoms with Crippen LogP contribution in [0.4, 0.5) is 0 Å². The van der Waals surface area contributed by atoms with Crippen LogP contribution in [0.15, 0.2) is 23.4 Å². The zero-order chi connectivity index (χ0) is 15.4. The second-order valence-electron chi connectivity index (χ2n) is 5.14. The Morgan fingerprint density at radius 3 is 2.90 bits per heavy atom. The van der Waals surface area contributed by atoms with Crippen molar-refractivity contribution in [3.8, 4) is 0 Å². The SMILES string of the molecule is Cc1ccc2nc(SCC(=O)O)n(CCOC(C)C)c2c1. The van der Waals surface area contributed by atoms with Crippen molar-refractivity contribution < 1.29 is 14.6 Å². The van der Waals surface area contributed by atoms with E-state index in [-0.39, 0.29) is 11.9 Å². The van der Waals surface area contributed by atoms with Crippen molar-refractivity contribution in [1.29, 1.82) is 0 Å². The quantitative estimate of drug-likeness (QED) is 0.797. The number of hydrogen-bond donors (Lipinski definition) is 1. The van der Waals surface area contributed by atoms with E-state index in [1.54, 1.807) is 0 Å². The van der Waals surface area contributed by atoms with Crippen molar-refractivity contribution in [3.05, 3.63) is 23.8 Å². The molecule has 6 heteroatoms. The molecule has 1 N–H and O–H groups in total. The second-order valence-corrected chi connectivity index (χ2v) is 6.08. The van der Waals surface area contributed by atoms with E-state index in [0.717, 1.165) is 21.8 Å². The maximum atomic E-state index is 10.8. The molecule has 2 aromatic rings. The van der Waals surface area contributed by atoms with Gasteiger partial charge in [0.2, 0.25) is 0 Å². The number of ether oxygens (including phenoxy) is 1. The number of nitrogens with zero attached hydrogens (tertiary/aromatic N) is 2. The van der Waals surface area contributed by atoms with Crippen LogP contribution < -0.4 is 0 Å². The lowest BCUT2D eigenvalue weighted by Crippen LogP contribution is -2.11. The summed E-state index contributed by atoms with van der Waals surface area (Å²) in [4.78, 5) is 15.3. The Balaban J connectivity index is 2.28. The minimum atomic E-state index is -0.840. The van der Waals surface area contributed by atoms with Gasteiger partial charge in [-0.1, -0.05) is 17.8 Å². The first-order valence-electron chi connectivity index (χ1n) is 6.90. The first-order chi connectivity index (χ1) is 9.97. The summed E-state index contributed by atoms with van der Waals surface area (Å²) >= 11 is 1.24. The van der Waals surface area contributed by atoms with E-state index in [9.17, 15) is 4.79 Å². The van der Waals surface area contributed by atoms with Gasteiger partial charge in [0.15, 0.2) is 5.16 Å². The predicted molar refractivity (Wildman–Crippen MR) is 83.9 cm³/mol. The highest BCUT2D eigenvalue weighted by Gasteiger charge is 2.13. The minimum Gasteiger partial charge on any atom is -0.481 e. The van der Waals surface area contributed by atoms with E-state index in [1.165, 1.54) is 11.8 Å². The Morgan fingerprint density at radius 1 is 1.48 bits per heavy atom. The number of thioether (sulfide) groups is 1. The van der Waals surface area contributed by atoms with E-state index < -0.39 is 5.97 Å². The highest BCUT2D eigenvalue weighted by Crippen LogP contribution is 2.25. The molecule has 0 saturated carbocycles. The molecule has 1 aromatic heterocycles. The lowest BCUT2D eigenvalue weighted by molar-refractivity contribution is -0.133. The van der Waals surface area contributed by atoms with Gasteiger partial charge in [0.05, 0.1) is 29.5 Å². The number of benzene rings is 1. The molecule has 0 spiro atoms. The lowest BCUT2D eigenvalue weighted by Gasteiger charge is -2.11. The average molecular weight is 308 g/mol. The van der Waals surface area contributed by atoms with Crippen molar-refractivity contribution in [2.24, 2.45) is 0 Å². The van der Waals surface area contributed by atoms with Gasteiger partial charge in [0, 0.05) is 6.54 Å². The first-order valence-corrected chi connectivity index (χ1v) is 7.89. The number of carboxylic acid groups (broad SMARTS) is 1. The number of fused-ring (bicyclic) bond motifs is 1. The molecule has 1 aromatic carbocycles. The number of rotatable bonds is 7. The number of aliphatic carboxylic acids is 1. The normalized spacial score (nSPS) is 11.4. The predicted octanol–water partition coefficient (Wildman–Crippen LogP) is 2.95. The van der Waals surface area contributed by atoms with Gasteiger partial charge in [-0.2, -0.15) is 0 Å². The van der Waals surface area contributed by atoms with Crippen LogP contribution in [-0.2, 0) is 16.1 Å². The number of imidazole rings is 1. The number of aryl methyl sites for hydroxylation is 1. The maximum Gasteiger partial charge on any atom is 0.313 e. The van der Waals surface area contributed by atoms with Crippen LogP contribution in [0.5, 0.6) is 0 Å². The molecule has 1 heterocycles. The molecule has 5 nitrogen and oxygen atoms in total.